The first-order valence-electron chi connectivity index (χ1n) is 7.00. The van der Waals surface area contributed by atoms with E-state index in [-0.39, 0.29) is 0 Å². The predicted molar refractivity (Wildman–Crippen MR) is 74.5 cm³/mol. The van der Waals surface area contributed by atoms with Crippen molar-refractivity contribution in [2.45, 2.75) is 43.3 Å². The third-order valence-corrected chi connectivity index (χ3v) is 6.22. The molecular formula is C13H25N3S. The van der Waals surface area contributed by atoms with Crippen LogP contribution in [0.1, 0.15) is 25.7 Å². The SMILES string of the molecule is CN1C2CCC1CC(CN)(N1CCSCC1)C2. The fourth-order valence-electron chi connectivity index (χ4n) is 4.13. The van der Waals surface area contributed by atoms with Gasteiger partial charge in [-0.2, -0.15) is 11.8 Å². The molecule has 3 nitrogen and oxygen atoms in total. The number of piperidine rings is 1. The van der Waals surface area contributed by atoms with Crippen molar-refractivity contribution in [3.63, 3.8) is 0 Å². The minimum absolute atomic E-state index is 0.333. The van der Waals surface area contributed by atoms with Crippen molar-refractivity contribution in [3.05, 3.63) is 0 Å². The Bertz CT molecular complexity index is 264. The van der Waals surface area contributed by atoms with Gasteiger partial charge in [0, 0.05) is 48.8 Å². The molecule has 0 saturated carbocycles. The van der Waals surface area contributed by atoms with E-state index in [1.54, 1.807) is 0 Å². The van der Waals surface area contributed by atoms with E-state index < -0.39 is 0 Å². The zero-order chi connectivity index (χ0) is 11.9. The molecule has 4 heteroatoms. The first-order valence-corrected chi connectivity index (χ1v) is 8.15. The quantitative estimate of drug-likeness (QED) is 0.797. The highest BCUT2D eigenvalue weighted by Crippen LogP contribution is 2.42. The summed E-state index contributed by atoms with van der Waals surface area (Å²) < 4.78 is 0. The second kappa shape index (κ2) is 4.72. The smallest absolute Gasteiger partial charge is 0.0362 e. The topological polar surface area (TPSA) is 32.5 Å². The Morgan fingerprint density at radius 3 is 2.29 bits per heavy atom. The summed E-state index contributed by atoms with van der Waals surface area (Å²) in [7, 11) is 2.31. The van der Waals surface area contributed by atoms with Crippen LogP contribution in [0.2, 0.25) is 0 Å². The highest BCUT2D eigenvalue weighted by atomic mass is 32.2. The summed E-state index contributed by atoms with van der Waals surface area (Å²) in [6, 6.07) is 1.60. The maximum Gasteiger partial charge on any atom is 0.0362 e. The molecule has 3 aliphatic heterocycles. The Morgan fingerprint density at radius 1 is 1.18 bits per heavy atom. The lowest BCUT2D eigenvalue weighted by molar-refractivity contribution is 0.00660. The van der Waals surface area contributed by atoms with Gasteiger partial charge in [0.25, 0.3) is 0 Å². The summed E-state index contributed by atoms with van der Waals surface area (Å²) in [4.78, 5) is 5.34. The van der Waals surface area contributed by atoms with Crippen LogP contribution in [0.4, 0.5) is 0 Å². The van der Waals surface area contributed by atoms with Crippen LogP contribution in [0.15, 0.2) is 0 Å². The van der Waals surface area contributed by atoms with Gasteiger partial charge >= 0.3 is 0 Å². The maximum absolute atomic E-state index is 6.20. The van der Waals surface area contributed by atoms with Crippen molar-refractivity contribution in [1.29, 1.82) is 0 Å². The number of hydrogen-bond donors (Lipinski definition) is 1. The molecule has 0 aromatic rings. The van der Waals surface area contributed by atoms with Crippen LogP contribution in [0, 0.1) is 0 Å². The lowest BCUT2D eigenvalue weighted by atomic mass is 9.81. The minimum Gasteiger partial charge on any atom is -0.329 e. The molecule has 98 valence electrons. The summed E-state index contributed by atoms with van der Waals surface area (Å²) in [6.07, 6.45) is 5.40. The summed E-state index contributed by atoms with van der Waals surface area (Å²) in [6.45, 7) is 3.37. The number of nitrogens with two attached hydrogens (primary N) is 1. The van der Waals surface area contributed by atoms with E-state index in [9.17, 15) is 0 Å². The maximum atomic E-state index is 6.20. The van der Waals surface area contributed by atoms with Crippen LogP contribution >= 0.6 is 11.8 Å². The Hall–Kier alpha value is 0.230. The van der Waals surface area contributed by atoms with Gasteiger partial charge in [0.05, 0.1) is 0 Å². The third-order valence-electron chi connectivity index (χ3n) is 5.28. The van der Waals surface area contributed by atoms with E-state index in [0.717, 1.165) is 18.6 Å². The van der Waals surface area contributed by atoms with Crippen LogP contribution < -0.4 is 5.73 Å². The molecule has 3 rings (SSSR count). The molecule has 0 amide bonds. The summed E-state index contributed by atoms with van der Waals surface area (Å²) in [5.41, 5.74) is 6.53. The molecule has 2 N–H and O–H groups in total. The standard InChI is InChI=1S/C13H25N3S/c1-15-11-2-3-12(15)9-13(8-11,10-14)16-4-6-17-7-5-16/h11-12H,2-10,14H2,1H3. The summed E-state index contributed by atoms with van der Waals surface area (Å²) in [5, 5.41) is 0. The van der Waals surface area contributed by atoms with Gasteiger partial charge in [0.15, 0.2) is 0 Å². The second-order valence-corrected chi connectivity index (χ2v) is 7.21. The highest BCUT2D eigenvalue weighted by Gasteiger charge is 2.49. The molecule has 3 saturated heterocycles. The molecule has 0 radical (unpaired) electrons. The summed E-state index contributed by atoms with van der Waals surface area (Å²) >= 11 is 2.10. The molecule has 2 bridgehead atoms. The number of nitrogens with zero attached hydrogens (tertiary/aromatic N) is 2. The molecule has 0 aliphatic carbocycles. The Labute approximate surface area is 109 Å². The van der Waals surface area contributed by atoms with Gasteiger partial charge in [0.2, 0.25) is 0 Å². The van der Waals surface area contributed by atoms with Gasteiger partial charge in [-0.15, -0.1) is 0 Å². The van der Waals surface area contributed by atoms with Gasteiger partial charge in [-0.25, -0.2) is 0 Å². The van der Waals surface area contributed by atoms with Crippen molar-refractivity contribution in [3.8, 4) is 0 Å². The van der Waals surface area contributed by atoms with Crippen molar-refractivity contribution in [2.75, 3.05) is 38.2 Å². The van der Waals surface area contributed by atoms with Crippen molar-refractivity contribution in [2.24, 2.45) is 5.73 Å². The molecule has 0 aromatic carbocycles. The van der Waals surface area contributed by atoms with Gasteiger partial charge in [-0.1, -0.05) is 0 Å². The molecule has 2 atom stereocenters. The second-order valence-electron chi connectivity index (χ2n) is 5.99. The van der Waals surface area contributed by atoms with E-state index in [1.807, 2.05) is 0 Å². The fourth-order valence-corrected chi connectivity index (χ4v) is 5.04. The average Bonchev–Trinajstić information content (AvgIpc) is 2.63. The number of thioether (sulfide) groups is 1. The monoisotopic (exact) mass is 255 g/mol. The fraction of sp³-hybridized carbons (Fsp3) is 1.00. The van der Waals surface area contributed by atoms with Crippen molar-refractivity contribution < 1.29 is 0 Å². The molecule has 0 aromatic heterocycles. The highest BCUT2D eigenvalue weighted by molar-refractivity contribution is 7.99. The van der Waals surface area contributed by atoms with Gasteiger partial charge < -0.3 is 10.6 Å². The summed E-state index contributed by atoms with van der Waals surface area (Å²) in [5.74, 6) is 2.60. The Morgan fingerprint density at radius 2 is 1.76 bits per heavy atom. The largest absolute Gasteiger partial charge is 0.329 e. The van der Waals surface area contributed by atoms with Crippen molar-refractivity contribution >= 4 is 11.8 Å². The zero-order valence-electron chi connectivity index (χ0n) is 10.9. The van der Waals surface area contributed by atoms with Gasteiger partial charge in [0.1, 0.15) is 0 Å². The van der Waals surface area contributed by atoms with Crippen LogP contribution in [0.25, 0.3) is 0 Å². The van der Waals surface area contributed by atoms with E-state index in [1.165, 1.54) is 50.3 Å². The Balaban J connectivity index is 1.78. The minimum atomic E-state index is 0.333. The van der Waals surface area contributed by atoms with Gasteiger partial charge in [-0.3, -0.25) is 4.90 Å². The molecule has 3 heterocycles. The molecular weight excluding hydrogens is 230 g/mol. The van der Waals surface area contributed by atoms with E-state index >= 15 is 0 Å². The molecule has 3 aliphatic rings. The van der Waals surface area contributed by atoms with Crippen LogP contribution in [-0.2, 0) is 0 Å². The van der Waals surface area contributed by atoms with Crippen LogP contribution in [-0.4, -0.2) is 65.6 Å². The number of rotatable bonds is 2. The molecule has 0 spiro atoms. The van der Waals surface area contributed by atoms with E-state index in [4.69, 9.17) is 5.73 Å². The van der Waals surface area contributed by atoms with Crippen LogP contribution in [0.5, 0.6) is 0 Å². The van der Waals surface area contributed by atoms with Crippen LogP contribution in [0.3, 0.4) is 0 Å². The average molecular weight is 255 g/mol. The third kappa shape index (κ3) is 2.03. The number of hydrogen-bond acceptors (Lipinski definition) is 4. The zero-order valence-corrected chi connectivity index (χ0v) is 11.7. The predicted octanol–water partition coefficient (Wildman–Crippen LogP) is 0.989. The van der Waals surface area contributed by atoms with Crippen molar-refractivity contribution in [1.82, 2.24) is 9.80 Å². The molecule has 2 unspecified atom stereocenters. The van der Waals surface area contributed by atoms with E-state index in [0.29, 0.717) is 5.54 Å². The lowest BCUT2D eigenvalue weighted by Gasteiger charge is -2.52. The Kier molecular flexibility index (Phi) is 3.41. The first kappa shape index (κ1) is 12.3. The molecule has 3 fully saturated rings. The number of fused-ring (bicyclic) bond motifs is 2. The first-order chi connectivity index (χ1) is 8.25. The van der Waals surface area contributed by atoms with E-state index in [2.05, 4.69) is 28.6 Å². The molecule has 17 heavy (non-hydrogen) atoms. The normalized spacial score (nSPS) is 44.1. The lowest BCUT2D eigenvalue weighted by Crippen LogP contribution is -2.63. The van der Waals surface area contributed by atoms with Gasteiger partial charge in [-0.05, 0) is 32.7 Å².